The van der Waals surface area contributed by atoms with Gasteiger partial charge < -0.3 is 14.7 Å². The number of benzene rings is 2. The van der Waals surface area contributed by atoms with Crippen molar-refractivity contribution in [2.24, 2.45) is 11.8 Å². The topological polar surface area (TPSA) is 66.8 Å². The molecule has 4 rings (SSSR count). The van der Waals surface area contributed by atoms with Gasteiger partial charge in [-0.05, 0) is 68.4 Å². The van der Waals surface area contributed by atoms with Gasteiger partial charge >= 0.3 is 18.3 Å². The molecule has 0 bridgehead atoms. The number of hydrogen-bond acceptors (Lipinski definition) is 3. The number of carboxylic acids is 1. The number of alkyl halides is 6. The Labute approximate surface area is 228 Å². The van der Waals surface area contributed by atoms with Gasteiger partial charge in [-0.1, -0.05) is 30.3 Å². The monoisotopic (exact) mass is 571 g/mol. The maximum Gasteiger partial charge on any atom is 0.416 e. The molecule has 2 fully saturated rings. The van der Waals surface area contributed by atoms with E-state index in [2.05, 4.69) is 0 Å². The quantitative estimate of drug-likeness (QED) is 0.377. The zero-order valence-corrected chi connectivity index (χ0v) is 21.8. The van der Waals surface area contributed by atoms with Crippen LogP contribution in [0.5, 0.6) is 0 Å². The molecule has 3 atom stereocenters. The van der Waals surface area contributed by atoms with Crippen LogP contribution in [0, 0.1) is 11.8 Å². The number of rotatable bonds is 6. The smallest absolute Gasteiger partial charge is 0.416 e. The molecular formula is C29H31F6NO4. The fourth-order valence-electron chi connectivity index (χ4n) is 5.71. The summed E-state index contributed by atoms with van der Waals surface area (Å²) in [6.07, 6.45) is -9.39. The lowest BCUT2D eigenvalue weighted by atomic mass is 9.80. The first-order chi connectivity index (χ1) is 18.7. The average Bonchev–Trinajstić information content (AvgIpc) is 2.92. The van der Waals surface area contributed by atoms with Gasteiger partial charge in [0.2, 0.25) is 5.91 Å². The molecule has 1 N–H and O–H groups in total. The Bertz CT molecular complexity index is 1160. The van der Waals surface area contributed by atoms with E-state index in [4.69, 9.17) is 4.74 Å². The van der Waals surface area contributed by atoms with E-state index in [9.17, 15) is 41.0 Å². The van der Waals surface area contributed by atoms with Crippen molar-refractivity contribution in [1.29, 1.82) is 0 Å². The number of nitrogens with zero attached hydrogens (tertiary/aromatic N) is 1. The third kappa shape index (κ3) is 6.97. The molecule has 5 nitrogen and oxygen atoms in total. The number of carbonyl (C=O) groups excluding carboxylic acids is 1. The predicted octanol–water partition coefficient (Wildman–Crippen LogP) is 7.08. The second kappa shape index (κ2) is 11.8. The molecule has 1 saturated heterocycles. The number of piperidine rings is 1. The Morgan fingerprint density at radius 2 is 1.43 bits per heavy atom. The molecule has 11 heteroatoms. The minimum absolute atomic E-state index is 0.0658. The van der Waals surface area contributed by atoms with E-state index in [-0.39, 0.29) is 35.9 Å². The van der Waals surface area contributed by atoms with Crippen LogP contribution in [-0.4, -0.2) is 41.1 Å². The lowest BCUT2D eigenvalue weighted by molar-refractivity contribution is -0.147. The van der Waals surface area contributed by atoms with Gasteiger partial charge in [-0.3, -0.25) is 9.59 Å². The SMILES string of the molecule is C[C@@H](O[C@H]1CCN(C(=O)[C@H]2CC[C@H](C(=O)O)CC2)C[C@H]1c1ccccc1)c1cc(C(F)(F)F)cc(C(F)(F)F)c1. The van der Waals surface area contributed by atoms with Crippen LogP contribution in [0.2, 0.25) is 0 Å². The Morgan fingerprint density at radius 1 is 0.875 bits per heavy atom. The maximum atomic E-state index is 13.4. The van der Waals surface area contributed by atoms with Gasteiger partial charge in [0.1, 0.15) is 0 Å². The molecule has 1 amide bonds. The van der Waals surface area contributed by atoms with Crippen LogP contribution < -0.4 is 0 Å². The molecule has 2 aromatic carbocycles. The zero-order valence-electron chi connectivity index (χ0n) is 21.8. The summed E-state index contributed by atoms with van der Waals surface area (Å²) in [5.41, 5.74) is -2.19. The number of hydrogen-bond donors (Lipinski definition) is 1. The van der Waals surface area contributed by atoms with Gasteiger partial charge in [-0.15, -0.1) is 0 Å². The Balaban J connectivity index is 1.54. The van der Waals surface area contributed by atoms with Crippen LogP contribution in [0.3, 0.4) is 0 Å². The summed E-state index contributed by atoms with van der Waals surface area (Å²) in [6, 6.07) is 10.6. The Hall–Kier alpha value is -3.08. The van der Waals surface area contributed by atoms with Crippen molar-refractivity contribution in [3.63, 3.8) is 0 Å². The summed E-state index contributed by atoms with van der Waals surface area (Å²) in [7, 11) is 0. The summed E-state index contributed by atoms with van der Waals surface area (Å²) in [6.45, 7) is 2.01. The first-order valence-corrected chi connectivity index (χ1v) is 13.3. The largest absolute Gasteiger partial charge is 0.481 e. The summed E-state index contributed by atoms with van der Waals surface area (Å²) in [4.78, 5) is 26.3. The first kappa shape index (κ1) is 29.9. The fourth-order valence-corrected chi connectivity index (χ4v) is 5.71. The molecule has 1 aliphatic heterocycles. The van der Waals surface area contributed by atoms with Crippen molar-refractivity contribution in [2.75, 3.05) is 13.1 Å². The highest BCUT2D eigenvalue weighted by molar-refractivity contribution is 5.79. The lowest BCUT2D eigenvalue weighted by Gasteiger charge is -2.41. The van der Waals surface area contributed by atoms with Crippen LogP contribution in [0.15, 0.2) is 48.5 Å². The van der Waals surface area contributed by atoms with E-state index < -0.39 is 47.6 Å². The third-order valence-electron chi connectivity index (χ3n) is 7.97. The number of likely N-dealkylation sites (tertiary alicyclic amines) is 1. The average molecular weight is 572 g/mol. The Morgan fingerprint density at radius 3 is 1.95 bits per heavy atom. The molecule has 0 unspecified atom stereocenters. The van der Waals surface area contributed by atoms with Gasteiger partial charge in [0.05, 0.1) is 29.3 Å². The normalized spacial score (nSPS) is 24.9. The second-order valence-electron chi connectivity index (χ2n) is 10.6. The summed E-state index contributed by atoms with van der Waals surface area (Å²) in [5, 5.41) is 9.25. The van der Waals surface area contributed by atoms with E-state index in [1.54, 1.807) is 4.90 Å². The summed E-state index contributed by atoms with van der Waals surface area (Å²) >= 11 is 0. The van der Waals surface area contributed by atoms with E-state index >= 15 is 0 Å². The van der Waals surface area contributed by atoms with E-state index in [1.165, 1.54) is 6.92 Å². The van der Waals surface area contributed by atoms with Gasteiger partial charge in [-0.2, -0.15) is 26.3 Å². The Kier molecular flexibility index (Phi) is 8.82. The molecule has 218 valence electrons. The van der Waals surface area contributed by atoms with Gasteiger partial charge in [-0.25, -0.2) is 0 Å². The molecule has 1 aliphatic carbocycles. The van der Waals surface area contributed by atoms with E-state index in [1.807, 2.05) is 30.3 Å². The van der Waals surface area contributed by atoms with Crippen molar-refractivity contribution < 1.29 is 45.8 Å². The molecule has 40 heavy (non-hydrogen) atoms. The number of halogens is 6. The molecular weight excluding hydrogens is 540 g/mol. The maximum absolute atomic E-state index is 13.4. The van der Waals surface area contributed by atoms with Crippen molar-refractivity contribution in [3.8, 4) is 0 Å². The first-order valence-electron chi connectivity index (χ1n) is 13.3. The van der Waals surface area contributed by atoms with E-state index in [0.717, 1.165) is 5.56 Å². The van der Waals surface area contributed by atoms with Gasteiger partial charge in [0.15, 0.2) is 0 Å². The highest BCUT2D eigenvalue weighted by Crippen LogP contribution is 2.40. The van der Waals surface area contributed by atoms with Crippen LogP contribution in [0.25, 0.3) is 0 Å². The standard InChI is InChI=1S/C29H31F6NO4/c1-17(21-13-22(28(30,31)32)15-23(14-21)29(33,34)35)40-25-11-12-36(16-24(25)18-5-3-2-4-6-18)26(37)19-7-9-20(10-8-19)27(38)39/h2-6,13-15,17,19-20,24-25H,7-12,16H2,1H3,(H,38,39)/t17-,19-,20-,24+,25+/m1/s1. The lowest BCUT2D eigenvalue weighted by Crippen LogP contribution is -2.48. The fraction of sp³-hybridized carbons (Fsp3) is 0.517. The van der Waals surface area contributed by atoms with E-state index in [0.29, 0.717) is 50.8 Å². The van der Waals surface area contributed by atoms with Crippen molar-refractivity contribution in [3.05, 3.63) is 70.8 Å². The van der Waals surface area contributed by atoms with Crippen LogP contribution in [0.1, 0.15) is 73.3 Å². The van der Waals surface area contributed by atoms with Gasteiger partial charge in [0, 0.05) is 24.9 Å². The predicted molar refractivity (Wildman–Crippen MR) is 133 cm³/mol. The second-order valence-corrected chi connectivity index (χ2v) is 10.6. The third-order valence-corrected chi connectivity index (χ3v) is 7.97. The highest BCUT2D eigenvalue weighted by Gasteiger charge is 2.40. The minimum atomic E-state index is -4.96. The molecule has 0 spiro atoms. The zero-order chi connectivity index (χ0) is 29.2. The number of aliphatic carboxylic acids is 1. The van der Waals surface area contributed by atoms with Crippen molar-refractivity contribution in [1.82, 2.24) is 4.90 Å². The van der Waals surface area contributed by atoms with Crippen LogP contribution in [-0.2, 0) is 26.7 Å². The van der Waals surface area contributed by atoms with Crippen LogP contribution in [0.4, 0.5) is 26.3 Å². The highest BCUT2D eigenvalue weighted by atomic mass is 19.4. The number of ether oxygens (including phenoxy) is 1. The summed E-state index contributed by atoms with van der Waals surface area (Å²) < 4.78 is 86.6. The van der Waals surface area contributed by atoms with Crippen LogP contribution >= 0.6 is 0 Å². The van der Waals surface area contributed by atoms with Gasteiger partial charge in [0.25, 0.3) is 0 Å². The molecule has 2 aliphatic rings. The van der Waals surface area contributed by atoms with Crippen molar-refractivity contribution >= 4 is 11.9 Å². The molecule has 1 heterocycles. The molecule has 0 radical (unpaired) electrons. The number of carbonyl (C=O) groups is 2. The molecule has 0 aromatic heterocycles. The molecule has 1 saturated carbocycles. The number of carboxylic acid groups (broad SMARTS) is 1. The summed E-state index contributed by atoms with van der Waals surface area (Å²) in [5.74, 6) is -2.01. The van der Waals surface area contributed by atoms with Crippen molar-refractivity contribution in [2.45, 2.75) is 69.5 Å². The number of amides is 1. The molecule has 2 aromatic rings. The minimum Gasteiger partial charge on any atom is -0.481 e.